The maximum absolute atomic E-state index is 2.73. The fourth-order valence-corrected chi connectivity index (χ4v) is 4.10. The van der Waals surface area contributed by atoms with E-state index in [-0.39, 0.29) is 0 Å². The first-order valence-electron chi connectivity index (χ1n) is 8.07. The fourth-order valence-electron chi connectivity index (χ4n) is 3.39. The lowest BCUT2D eigenvalue weighted by Gasteiger charge is -2.36. The summed E-state index contributed by atoms with van der Waals surface area (Å²) < 4.78 is 2.63. The van der Waals surface area contributed by atoms with Crippen LogP contribution < -0.4 is 0 Å². The van der Waals surface area contributed by atoms with Gasteiger partial charge >= 0.3 is 0 Å². The monoisotopic (exact) mass is 285 g/mol. The van der Waals surface area contributed by atoms with E-state index >= 15 is 0 Å². The van der Waals surface area contributed by atoms with Crippen molar-refractivity contribution in [3.05, 3.63) is 0 Å². The van der Waals surface area contributed by atoms with Crippen LogP contribution >= 0.6 is 8.73 Å². The van der Waals surface area contributed by atoms with Gasteiger partial charge in [-0.05, 0) is 65.3 Å². The highest BCUT2D eigenvalue weighted by Gasteiger charge is 2.23. The molecule has 112 valence electrons. The van der Waals surface area contributed by atoms with E-state index in [9.17, 15) is 0 Å². The standard InChI is InChI=1S/C15H32N3P/c1-14(2)17-9-5-15(6-10-17)13-16-7-4-8-18(19-3)12-11-16/h14-15,19H,4-13H2,1-3H3. The second-order valence-electron chi connectivity index (χ2n) is 6.44. The Morgan fingerprint density at radius 1 is 1.00 bits per heavy atom. The van der Waals surface area contributed by atoms with Crippen LogP contribution in [0, 0.1) is 5.92 Å². The van der Waals surface area contributed by atoms with E-state index < -0.39 is 0 Å². The molecule has 2 rings (SSSR count). The molecule has 0 aromatic carbocycles. The molecule has 3 nitrogen and oxygen atoms in total. The zero-order chi connectivity index (χ0) is 13.7. The largest absolute Gasteiger partial charge is 0.302 e. The van der Waals surface area contributed by atoms with E-state index in [2.05, 4.69) is 35.0 Å². The fraction of sp³-hybridized carbons (Fsp3) is 1.00. The Morgan fingerprint density at radius 3 is 2.37 bits per heavy atom. The summed E-state index contributed by atoms with van der Waals surface area (Å²) in [6.07, 6.45) is 4.19. The molecule has 2 aliphatic rings. The van der Waals surface area contributed by atoms with Gasteiger partial charge in [-0.3, -0.25) is 4.67 Å². The van der Waals surface area contributed by atoms with Gasteiger partial charge in [0.05, 0.1) is 0 Å². The average molecular weight is 285 g/mol. The van der Waals surface area contributed by atoms with Crippen molar-refractivity contribution in [1.82, 2.24) is 14.5 Å². The summed E-state index contributed by atoms with van der Waals surface area (Å²) in [5.41, 5.74) is 0. The van der Waals surface area contributed by atoms with E-state index in [1.807, 2.05) is 0 Å². The van der Waals surface area contributed by atoms with Crippen molar-refractivity contribution in [3.8, 4) is 0 Å². The van der Waals surface area contributed by atoms with Crippen LogP contribution in [0.25, 0.3) is 0 Å². The number of nitrogens with zero attached hydrogens (tertiary/aromatic N) is 3. The third-order valence-corrected chi connectivity index (χ3v) is 5.88. The Bertz CT molecular complexity index is 252. The molecule has 1 unspecified atom stereocenters. The molecule has 0 aromatic heterocycles. The first-order valence-corrected chi connectivity index (χ1v) is 9.52. The van der Waals surface area contributed by atoms with Gasteiger partial charge in [-0.2, -0.15) is 0 Å². The molecule has 0 N–H and O–H groups in total. The van der Waals surface area contributed by atoms with Crippen molar-refractivity contribution in [2.45, 2.75) is 39.2 Å². The average Bonchev–Trinajstić information content (AvgIpc) is 2.64. The normalized spacial score (nSPS) is 26.5. The number of hydrogen-bond donors (Lipinski definition) is 0. The smallest absolute Gasteiger partial charge is 0.0147 e. The summed E-state index contributed by atoms with van der Waals surface area (Å²) >= 11 is 0. The number of piperidine rings is 1. The number of hydrogen-bond acceptors (Lipinski definition) is 3. The third kappa shape index (κ3) is 4.97. The number of rotatable bonds is 4. The molecule has 1 atom stereocenters. The van der Waals surface area contributed by atoms with Crippen molar-refractivity contribution >= 4 is 8.73 Å². The molecular weight excluding hydrogens is 253 g/mol. The molecule has 0 aliphatic carbocycles. The van der Waals surface area contributed by atoms with E-state index in [0.717, 1.165) is 20.7 Å². The molecule has 4 heteroatoms. The molecule has 0 amide bonds. The summed E-state index contributed by atoms with van der Waals surface area (Å²) in [4.78, 5) is 5.37. The van der Waals surface area contributed by atoms with Gasteiger partial charge in [-0.15, -0.1) is 0 Å². The highest BCUT2D eigenvalue weighted by Crippen LogP contribution is 2.22. The second-order valence-corrected chi connectivity index (χ2v) is 7.52. The zero-order valence-electron chi connectivity index (χ0n) is 13.1. The molecule has 2 heterocycles. The van der Waals surface area contributed by atoms with Crippen LogP contribution in [0.3, 0.4) is 0 Å². The van der Waals surface area contributed by atoms with E-state index in [4.69, 9.17) is 0 Å². The van der Waals surface area contributed by atoms with Gasteiger partial charge in [-0.1, -0.05) is 8.73 Å². The highest BCUT2D eigenvalue weighted by atomic mass is 31.1. The zero-order valence-corrected chi connectivity index (χ0v) is 14.1. The SMILES string of the molecule is CPN1CCCN(CC2CCN(C(C)C)CC2)CC1. The molecule has 0 saturated carbocycles. The third-order valence-electron chi connectivity index (χ3n) is 4.80. The number of likely N-dealkylation sites (tertiary alicyclic amines) is 1. The summed E-state index contributed by atoms with van der Waals surface area (Å²) in [5.74, 6) is 0.950. The van der Waals surface area contributed by atoms with Gasteiger partial charge in [0.15, 0.2) is 0 Å². The van der Waals surface area contributed by atoms with E-state index in [1.165, 1.54) is 65.1 Å². The Kier molecular flexibility index (Phi) is 6.55. The van der Waals surface area contributed by atoms with Gasteiger partial charge in [0, 0.05) is 32.2 Å². The Balaban J connectivity index is 1.70. The molecule has 0 radical (unpaired) electrons. The van der Waals surface area contributed by atoms with Crippen LogP contribution in [-0.2, 0) is 0 Å². The molecule has 2 saturated heterocycles. The predicted molar refractivity (Wildman–Crippen MR) is 86.3 cm³/mol. The molecule has 0 aromatic rings. The van der Waals surface area contributed by atoms with Crippen LogP contribution in [0.4, 0.5) is 0 Å². The Hall–Kier alpha value is 0.310. The van der Waals surface area contributed by atoms with Crippen LogP contribution in [0.15, 0.2) is 0 Å². The van der Waals surface area contributed by atoms with E-state index in [0.29, 0.717) is 0 Å². The van der Waals surface area contributed by atoms with Crippen molar-refractivity contribution in [2.75, 3.05) is 52.5 Å². The van der Waals surface area contributed by atoms with Crippen molar-refractivity contribution in [2.24, 2.45) is 5.92 Å². The van der Waals surface area contributed by atoms with Gasteiger partial charge < -0.3 is 9.80 Å². The first-order chi connectivity index (χ1) is 9.19. The van der Waals surface area contributed by atoms with Gasteiger partial charge in [0.2, 0.25) is 0 Å². The minimum atomic E-state index is 0.734. The second kappa shape index (κ2) is 7.93. The minimum absolute atomic E-state index is 0.734. The van der Waals surface area contributed by atoms with Crippen LogP contribution in [0.1, 0.15) is 33.1 Å². The lowest BCUT2D eigenvalue weighted by atomic mass is 9.95. The van der Waals surface area contributed by atoms with E-state index in [1.54, 1.807) is 0 Å². The minimum Gasteiger partial charge on any atom is -0.302 e. The Labute approximate surface area is 121 Å². The predicted octanol–water partition coefficient (Wildman–Crippen LogP) is 2.34. The molecule has 19 heavy (non-hydrogen) atoms. The lowest BCUT2D eigenvalue weighted by molar-refractivity contribution is 0.123. The van der Waals surface area contributed by atoms with Crippen molar-refractivity contribution in [1.29, 1.82) is 0 Å². The van der Waals surface area contributed by atoms with Gasteiger partial charge in [0.1, 0.15) is 0 Å². The molecule has 2 aliphatic heterocycles. The topological polar surface area (TPSA) is 9.72 Å². The molecule has 0 bridgehead atoms. The molecule has 0 spiro atoms. The van der Waals surface area contributed by atoms with Gasteiger partial charge in [-0.25, -0.2) is 0 Å². The van der Waals surface area contributed by atoms with Crippen molar-refractivity contribution < 1.29 is 0 Å². The maximum atomic E-state index is 2.73. The summed E-state index contributed by atoms with van der Waals surface area (Å²) in [6, 6.07) is 0.734. The van der Waals surface area contributed by atoms with Crippen LogP contribution in [-0.4, -0.2) is 73.0 Å². The van der Waals surface area contributed by atoms with Gasteiger partial charge in [0.25, 0.3) is 0 Å². The first kappa shape index (κ1) is 15.7. The Morgan fingerprint density at radius 2 is 1.74 bits per heavy atom. The molecule has 2 fully saturated rings. The molecular formula is C15H32N3P. The summed E-state index contributed by atoms with van der Waals surface area (Å²) in [5, 5.41) is 0. The quantitative estimate of drug-likeness (QED) is 0.734. The maximum Gasteiger partial charge on any atom is 0.0147 e. The lowest BCUT2D eigenvalue weighted by Crippen LogP contribution is -2.42. The van der Waals surface area contributed by atoms with Crippen LogP contribution in [0.2, 0.25) is 0 Å². The summed E-state index contributed by atoms with van der Waals surface area (Å²) in [7, 11) is 0.994. The van der Waals surface area contributed by atoms with Crippen molar-refractivity contribution in [3.63, 3.8) is 0 Å². The van der Waals surface area contributed by atoms with Crippen LogP contribution in [0.5, 0.6) is 0 Å². The summed E-state index contributed by atoms with van der Waals surface area (Å²) in [6.45, 7) is 16.2. The highest BCUT2D eigenvalue weighted by molar-refractivity contribution is 7.34.